The first-order valence-corrected chi connectivity index (χ1v) is 5.71. The molecule has 1 atom stereocenters. The Morgan fingerprint density at radius 2 is 2.21 bits per heavy atom. The summed E-state index contributed by atoms with van der Waals surface area (Å²) >= 11 is 0. The number of aliphatic carboxylic acids is 1. The maximum Gasteiger partial charge on any atom is 0.303 e. The molecule has 0 saturated heterocycles. The largest absolute Gasteiger partial charge is 0.481 e. The first kappa shape index (κ1) is 11.5. The molecular formula is C12H22O2. The minimum atomic E-state index is -0.653. The van der Waals surface area contributed by atoms with Crippen LogP contribution in [0.3, 0.4) is 0 Å². The summed E-state index contributed by atoms with van der Waals surface area (Å²) in [5, 5.41) is 8.55. The first-order valence-electron chi connectivity index (χ1n) is 5.71. The van der Waals surface area contributed by atoms with Crippen LogP contribution in [-0.4, -0.2) is 11.1 Å². The maximum atomic E-state index is 10.4. The molecule has 0 aliphatic heterocycles. The molecule has 1 unspecified atom stereocenters. The molecule has 0 aromatic rings. The van der Waals surface area contributed by atoms with Crippen molar-refractivity contribution in [2.75, 3.05) is 0 Å². The fourth-order valence-corrected chi connectivity index (χ4v) is 2.64. The molecule has 0 bridgehead atoms. The lowest BCUT2D eigenvalue weighted by atomic mass is 9.71. The summed E-state index contributed by atoms with van der Waals surface area (Å²) in [5.74, 6) is 0.123. The molecule has 2 heteroatoms. The Morgan fingerprint density at radius 3 is 2.79 bits per heavy atom. The number of carboxylic acids is 1. The maximum absolute atomic E-state index is 10.4. The van der Waals surface area contributed by atoms with Gasteiger partial charge in [0.1, 0.15) is 0 Å². The molecule has 1 fully saturated rings. The molecule has 1 aliphatic carbocycles. The van der Waals surface area contributed by atoms with Gasteiger partial charge in [0.15, 0.2) is 0 Å². The van der Waals surface area contributed by atoms with Gasteiger partial charge in [0.25, 0.3) is 0 Å². The zero-order valence-corrected chi connectivity index (χ0v) is 9.38. The van der Waals surface area contributed by atoms with E-state index in [1.807, 2.05) is 0 Å². The lowest BCUT2D eigenvalue weighted by Crippen LogP contribution is -2.22. The van der Waals surface area contributed by atoms with Gasteiger partial charge in [0.05, 0.1) is 0 Å². The summed E-state index contributed by atoms with van der Waals surface area (Å²) in [5.41, 5.74) is 0.492. The topological polar surface area (TPSA) is 37.3 Å². The Kier molecular flexibility index (Phi) is 3.97. The fourth-order valence-electron chi connectivity index (χ4n) is 2.64. The monoisotopic (exact) mass is 198 g/mol. The van der Waals surface area contributed by atoms with Gasteiger partial charge >= 0.3 is 5.97 Å². The van der Waals surface area contributed by atoms with Crippen molar-refractivity contribution in [3.8, 4) is 0 Å². The number of rotatable bonds is 4. The van der Waals surface area contributed by atoms with Gasteiger partial charge in [-0.25, -0.2) is 0 Å². The third-order valence-corrected chi connectivity index (χ3v) is 3.31. The lowest BCUT2D eigenvalue weighted by molar-refractivity contribution is -0.137. The second-order valence-electron chi connectivity index (χ2n) is 5.41. The fraction of sp³-hybridized carbons (Fsp3) is 0.917. The summed E-state index contributed by atoms with van der Waals surface area (Å²) in [6, 6.07) is 0. The summed E-state index contributed by atoms with van der Waals surface area (Å²) in [4.78, 5) is 10.4. The molecule has 14 heavy (non-hydrogen) atoms. The van der Waals surface area contributed by atoms with E-state index in [1.165, 1.54) is 25.7 Å². The molecule has 0 aromatic carbocycles. The molecular weight excluding hydrogens is 176 g/mol. The minimum Gasteiger partial charge on any atom is -0.481 e. The molecule has 0 heterocycles. The van der Waals surface area contributed by atoms with E-state index in [2.05, 4.69) is 13.8 Å². The van der Waals surface area contributed by atoms with Crippen LogP contribution >= 0.6 is 0 Å². The molecule has 1 N–H and O–H groups in total. The normalized spacial score (nSPS) is 26.0. The number of hydrogen-bond acceptors (Lipinski definition) is 1. The highest BCUT2D eigenvalue weighted by Crippen LogP contribution is 2.40. The van der Waals surface area contributed by atoms with Crippen molar-refractivity contribution in [1.29, 1.82) is 0 Å². The van der Waals surface area contributed by atoms with Crippen LogP contribution in [0.25, 0.3) is 0 Å². The smallest absolute Gasteiger partial charge is 0.303 e. The molecule has 0 radical (unpaired) electrons. The zero-order valence-electron chi connectivity index (χ0n) is 9.38. The van der Waals surface area contributed by atoms with Crippen LogP contribution in [-0.2, 0) is 4.79 Å². The Labute approximate surface area is 86.7 Å². The van der Waals surface area contributed by atoms with Crippen molar-refractivity contribution in [3.63, 3.8) is 0 Å². The van der Waals surface area contributed by atoms with Crippen LogP contribution in [0.1, 0.15) is 58.8 Å². The number of carbonyl (C=O) groups is 1. The molecule has 1 saturated carbocycles. The highest BCUT2D eigenvalue weighted by atomic mass is 16.4. The molecule has 0 spiro atoms. The average Bonchev–Trinajstić information content (AvgIpc) is 2.01. The third-order valence-electron chi connectivity index (χ3n) is 3.31. The van der Waals surface area contributed by atoms with Crippen LogP contribution in [0.4, 0.5) is 0 Å². The second kappa shape index (κ2) is 4.81. The van der Waals surface area contributed by atoms with E-state index in [9.17, 15) is 4.79 Å². The van der Waals surface area contributed by atoms with E-state index in [4.69, 9.17) is 5.11 Å². The second-order valence-corrected chi connectivity index (χ2v) is 5.41. The standard InChI is InChI=1S/C12H22O2/c1-12(2)8-4-6-10(9-12)5-3-7-11(13)14/h10H,3-9H2,1-2H3,(H,13,14). The zero-order chi connectivity index (χ0) is 10.6. The van der Waals surface area contributed by atoms with Gasteiger partial charge in [-0.05, 0) is 37.0 Å². The first-order chi connectivity index (χ1) is 6.49. The van der Waals surface area contributed by atoms with Crippen molar-refractivity contribution in [2.24, 2.45) is 11.3 Å². The molecule has 0 aromatic heterocycles. The van der Waals surface area contributed by atoms with Crippen LogP contribution in [0, 0.1) is 11.3 Å². The Balaban J connectivity index is 2.21. The third kappa shape index (κ3) is 4.12. The lowest BCUT2D eigenvalue weighted by Gasteiger charge is -2.35. The van der Waals surface area contributed by atoms with Crippen LogP contribution in [0.5, 0.6) is 0 Å². The van der Waals surface area contributed by atoms with Crippen molar-refractivity contribution >= 4 is 5.97 Å². The Bertz CT molecular complexity index is 196. The molecule has 0 amide bonds. The van der Waals surface area contributed by atoms with E-state index in [0.29, 0.717) is 11.8 Å². The van der Waals surface area contributed by atoms with Gasteiger partial charge in [0, 0.05) is 6.42 Å². The average molecular weight is 198 g/mol. The van der Waals surface area contributed by atoms with E-state index in [-0.39, 0.29) is 0 Å². The summed E-state index contributed by atoms with van der Waals surface area (Å²) in [6.45, 7) is 4.66. The summed E-state index contributed by atoms with van der Waals surface area (Å²) in [6.07, 6.45) is 7.56. The van der Waals surface area contributed by atoms with Gasteiger partial charge in [-0.2, -0.15) is 0 Å². The Morgan fingerprint density at radius 1 is 1.50 bits per heavy atom. The predicted molar refractivity (Wildman–Crippen MR) is 57.2 cm³/mol. The van der Waals surface area contributed by atoms with Gasteiger partial charge < -0.3 is 5.11 Å². The van der Waals surface area contributed by atoms with Crippen molar-refractivity contribution in [2.45, 2.75) is 58.8 Å². The van der Waals surface area contributed by atoms with Gasteiger partial charge in [-0.15, -0.1) is 0 Å². The van der Waals surface area contributed by atoms with Crippen molar-refractivity contribution in [3.05, 3.63) is 0 Å². The van der Waals surface area contributed by atoms with Gasteiger partial charge in [0.2, 0.25) is 0 Å². The molecule has 1 rings (SSSR count). The van der Waals surface area contributed by atoms with Gasteiger partial charge in [-0.3, -0.25) is 4.79 Å². The summed E-state index contributed by atoms with van der Waals surface area (Å²) in [7, 11) is 0. The van der Waals surface area contributed by atoms with Crippen molar-refractivity contribution in [1.82, 2.24) is 0 Å². The van der Waals surface area contributed by atoms with Crippen LogP contribution in [0.2, 0.25) is 0 Å². The van der Waals surface area contributed by atoms with Crippen molar-refractivity contribution < 1.29 is 9.90 Å². The molecule has 1 aliphatic rings. The SMILES string of the molecule is CC1(C)CCCC(CCCC(=O)O)C1. The van der Waals surface area contributed by atoms with E-state index in [1.54, 1.807) is 0 Å². The highest BCUT2D eigenvalue weighted by molar-refractivity contribution is 5.66. The summed E-state index contributed by atoms with van der Waals surface area (Å²) < 4.78 is 0. The van der Waals surface area contributed by atoms with Gasteiger partial charge in [-0.1, -0.05) is 26.7 Å². The Hall–Kier alpha value is -0.530. The van der Waals surface area contributed by atoms with Crippen LogP contribution < -0.4 is 0 Å². The van der Waals surface area contributed by atoms with E-state index >= 15 is 0 Å². The van der Waals surface area contributed by atoms with Crippen LogP contribution in [0.15, 0.2) is 0 Å². The minimum absolute atomic E-state index is 0.344. The highest BCUT2D eigenvalue weighted by Gasteiger charge is 2.27. The van der Waals surface area contributed by atoms with E-state index < -0.39 is 5.97 Å². The number of carboxylic acid groups (broad SMARTS) is 1. The molecule has 2 nitrogen and oxygen atoms in total. The number of hydrogen-bond donors (Lipinski definition) is 1. The van der Waals surface area contributed by atoms with E-state index in [0.717, 1.165) is 18.8 Å². The quantitative estimate of drug-likeness (QED) is 0.751. The molecule has 82 valence electrons. The predicted octanol–water partition coefficient (Wildman–Crippen LogP) is 3.46.